The number of amides is 1. The van der Waals surface area contributed by atoms with Gasteiger partial charge < -0.3 is 18.9 Å². The summed E-state index contributed by atoms with van der Waals surface area (Å²) in [6.07, 6.45) is 3.99. The molecule has 2 aromatic rings. The van der Waals surface area contributed by atoms with Crippen LogP contribution in [-0.2, 0) is 14.8 Å². The van der Waals surface area contributed by atoms with Gasteiger partial charge in [-0.15, -0.1) is 0 Å². The molecular weight excluding hydrogens is 530 g/mol. The molecule has 2 aromatic carbocycles. The molecule has 0 aromatic heterocycles. The van der Waals surface area contributed by atoms with Gasteiger partial charge in [0.25, 0.3) is 5.91 Å². The minimum atomic E-state index is -3.83. The molecule has 0 fully saturated rings. The molecular formula is C22H26BrN3O7S. The number of nitrogens with zero attached hydrogens (tertiary/aromatic N) is 2. The Morgan fingerprint density at radius 1 is 1.15 bits per heavy atom. The smallest absolute Gasteiger partial charge is 0.260 e. The van der Waals surface area contributed by atoms with E-state index in [1.165, 1.54) is 33.6 Å². The van der Waals surface area contributed by atoms with Gasteiger partial charge in [0.1, 0.15) is 24.7 Å². The van der Waals surface area contributed by atoms with Gasteiger partial charge in [-0.2, -0.15) is 5.10 Å². The lowest BCUT2D eigenvalue weighted by Gasteiger charge is -2.23. The molecule has 1 N–H and O–H groups in total. The van der Waals surface area contributed by atoms with Crippen molar-refractivity contribution in [2.75, 3.05) is 45.0 Å². The van der Waals surface area contributed by atoms with E-state index in [0.29, 0.717) is 33.9 Å². The number of anilines is 1. The van der Waals surface area contributed by atoms with Gasteiger partial charge in [-0.25, -0.2) is 13.8 Å². The molecule has 12 heteroatoms. The minimum Gasteiger partial charge on any atom is -0.497 e. The number of rotatable bonds is 12. The third-order valence-electron chi connectivity index (χ3n) is 4.34. The molecule has 0 aliphatic heterocycles. The van der Waals surface area contributed by atoms with E-state index in [0.717, 1.165) is 10.6 Å². The highest BCUT2D eigenvalue weighted by Crippen LogP contribution is 2.36. The molecule has 2 rings (SSSR count). The summed E-state index contributed by atoms with van der Waals surface area (Å²) in [5, 5.41) is 3.92. The molecule has 10 nitrogen and oxygen atoms in total. The van der Waals surface area contributed by atoms with Gasteiger partial charge in [0.15, 0.2) is 11.5 Å². The first kappa shape index (κ1) is 27.0. The summed E-state index contributed by atoms with van der Waals surface area (Å²) in [6.45, 7) is 3.38. The lowest BCUT2D eigenvalue weighted by molar-refractivity contribution is -0.119. The normalized spacial score (nSPS) is 11.1. The Bertz CT molecular complexity index is 1170. The molecule has 0 saturated heterocycles. The van der Waals surface area contributed by atoms with Gasteiger partial charge in [-0.05, 0) is 45.8 Å². The zero-order chi connectivity index (χ0) is 25.3. The Labute approximate surface area is 207 Å². The molecule has 1 amide bonds. The first-order valence-electron chi connectivity index (χ1n) is 9.77. The van der Waals surface area contributed by atoms with Gasteiger partial charge in [0.05, 0.1) is 44.0 Å². The van der Waals surface area contributed by atoms with Crippen molar-refractivity contribution in [2.24, 2.45) is 5.10 Å². The number of hydrazone groups is 1. The van der Waals surface area contributed by atoms with Crippen LogP contribution in [0.2, 0.25) is 0 Å². The van der Waals surface area contributed by atoms with E-state index in [-0.39, 0.29) is 11.4 Å². The first-order valence-corrected chi connectivity index (χ1v) is 12.4. The summed E-state index contributed by atoms with van der Waals surface area (Å²) in [6, 6.07) is 8.03. The van der Waals surface area contributed by atoms with Gasteiger partial charge in [-0.3, -0.25) is 9.10 Å². The van der Waals surface area contributed by atoms with Crippen molar-refractivity contribution in [3.8, 4) is 23.0 Å². The lowest BCUT2D eigenvalue weighted by Crippen LogP contribution is -2.39. The number of carbonyl (C=O) groups is 1. The maximum atomic E-state index is 12.5. The number of ether oxygens (including phenoxy) is 4. The number of hydrogen-bond acceptors (Lipinski definition) is 8. The highest BCUT2D eigenvalue weighted by atomic mass is 79.9. The van der Waals surface area contributed by atoms with Crippen LogP contribution in [-0.4, -0.2) is 61.3 Å². The van der Waals surface area contributed by atoms with Crippen LogP contribution in [0.25, 0.3) is 0 Å². The molecule has 34 heavy (non-hydrogen) atoms. The van der Waals surface area contributed by atoms with Crippen molar-refractivity contribution in [1.29, 1.82) is 0 Å². The third-order valence-corrected chi connectivity index (χ3v) is 6.06. The van der Waals surface area contributed by atoms with Crippen molar-refractivity contribution in [2.45, 2.75) is 0 Å². The second kappa shape index (κ2) is 12.3. The van der Waals surface area contributed by atoms with Crippen molar-refractivity contribution in [3.05, 3.63) is 53.0 Å². The van der Waals surface area contributed by atoms with Crippen molar-refractivity contribution < 1.29 is 32.2 Å². The van der Waals surface area contributed by atoms with Crippen LogP contribution in [0.5, 0.6) is 23.0 Å². The van der Waals surface area contributed by atoms with Crippen molar-refractivity contribution in [1.82, 2.24) is 5.43 Å². The molecule has 0 unspecified atom stereocenters. The highest BCUT2D eigenvalue weighted by Gasteiger charge is 2.24. The van der Waals surface area contributed by atoms with Crippen LogP contribution in [0.3, 0.4) is 0 Å². The summed E-state index contributed by atoms with van der Waals surface area (Å²) >= 11 is 3.41. The Kier molecular flexibility index (Phi) is 9.75. The van der Waals surface area contributed by atoms with Crippen LogP contribution in [0.4, 0.5) is 5.69 Å². The van der Waals surface area contributed by atoms with Crippen molar-refractivity contribution >= 4 is 43.8 Å². The van der Waals surface area contributed by atoms with Crippen molar-refractivity contribution in [3.63, 3.8) is 0 Å². The predicted molar refractivity (Wildman–Crippen MR) is 134 cm³/mol. The van der Waals surface area contributed by atoms with E-state index in [4.69, 9.17) is 18.9 Å². The molecule has 0 bridgehead atoms. The average Bonchev–Trinajstić information content (AvgIpc) is 2.80. The van der Waals surface area contributed by atoms with Gasteiger partial charge >= 0.3 is 0 Å². The Balaban J connectivity index is 2.21. The predicted octanol–water partition coefficient (Wildman–Crippen LogP) is 2.96. The lowest BCUT2D eigenvalue weighted by atomic mass is 10.2. The molecule has 0 heterocycles. The summed E-state index contributed by atoms with van der Waals surface area (Å²) in [5.74, 6) is 0.960. The van der Waals surface area contributed by atoms with Crippen LogP contribution in [0.15, 0.2) is 52.6 Å². The number of sulfonamides is 1. The molecule has 0 aliphatic rings. The number of nitrogens with one attached hydrogen (secondary N) is 1. The summed E-state index contributed by atoms with van der Waals surface area (Å²) in [7, 11) is 0.511. The van der Waals surface area contributed by atoms with Crippen LogP contribution in [0.1, 0.15) is 5.56 Å². The fraction of sp³-hybridized carbons (Fsp3) is 0.273. The minimum absolute atomic E-state index is 0.159. The molecule has 0 saturated carbocycles. The Morgan fingerprint density at radius 3 is 2.44 bits per heavy atom. The summed E-state index contributed by atoms with van der Waals surface area (Å²) in [5.41, 5.74) is 3.09. The molecule has 0 atom stereocenters. The monoisotopic (exact) mass is 555 g/mol. The van der Waals surface area contributed by atoms with Gasteiger partial charge in [0, 0.05) is 6.07 Å². The molecule has 0 radical (unpaired) electrons. The summed E-state index contributed by atoms with van der Waals surface area (Å²) in [4.78, 5) is 12.5. The van der Waals surface area contributed by atoms with E-state index in [1.54, 1.807) is 30.3 Å². The fourth-order valence-electron chi connectivity index (χ4n) is 2.81. The topological polar surface area (TPSA) is 116 Å². The summed E-state index contributed by atoms with van der Waals surface area (Å²) < 4.78 is 47.7. The number of benzene rings is 2. The highest BCUT2D eigenvalue weighted by molar-refractivity contribution is 9.10. The van der Waals surface area contributed by atoms with Crippen LogP contribution >= 0.6 is 15.9 Å². The Hall–Kier alpha value is -3.25. The number of methoxy groups -OCH3 is 3. The number of halogens is 1. The first-order chi connectivity index (χ1) is 16.1. The fourth-order valence-corrected chi connectivity index (χ4v) is 4.24. The zero-order valence-corrected chi connectivity index (χ0v) is 21.6. The van der Waals surface area contributed by atoms with E-state index >= 15 is 0 Å². The molecule has 0 spiro atoms. The van der Waals surface area contributed by atoms with E-state index in [2.05, 4.69) is 33.0 Å². The molecule has 184 valence electrons. The second-order valence-corrected chi connectivity index (χ2v) is 9.50. The standard InChI is InChI=1S/C22H26BrN3O7S/c1-6-9-33-22-17(23)10-15(11-20(22)32-4)13-24-25-21(27)14-26(34(5,28)29)18-12-16(30-2)7-8-19(18)31-3/h6-8,10-13H,1,9,14H2,2-5H3,(H,25,27)/b24-13-. The van der Waals surface area contributed by atoms with E-state index in [9.17, 15) is 13.2 Å². The van der Waals surface area contributed by atoms with Gasteiger partial charge in [0.2, 0.25) is 10.0 Å². The quantitative estimate of drug-likeness (QED) is 0.243. The van der Waals surface area contributed by atoms with Gasteiger partial charge in [-0.1, -0.05) is 12.7 Å². The maximum Gasteiger partial charge on any atom is 0.260 e. The maximum absolute atomic E-state index is 12.5. The SMILES string of the molecule is C=CCOc1c(Br)cc(/C=N\NC(=O)CN(c2cc(OC)ccc2OC)S(C)(=O)=O)cc1OC. The van der Waals surface area contributed by atoms with Crippen LogP contribution in [0, 0.1) is 0 Å². The molecule has 0 aliphatic carbocycles. The van der Waals surface area contributed by atoms with Crippen LogP contribution < -0.4 is 28.7 Å². The van der Waals surface area contributed by atoms with E-state index < -0.39 is 22.5 Å². The average molecular weight is 556 g/mol. The Morgan fingerprint density at radius 2 is 1.85 bits per heavy atom. The largest absolute Gasteiger partial charge is 0.497 e. The third kappa shape index (κ3) is 7.12. The van der Waals surface area contributed by atoms with E-state index in [1.807, 2.05) is 0 Å². The number of hydrogen-bond donors (Lipinski definition) is 1. The zero-order valence-electron chi connectivity index (χ0n) is 19.2. The number of carbonyl (C=O) groups excluding carboxylic acids is 1. The second-order valence-electron chi connectivity index (χ2n) is 6.73.